The van der Waals surface area contributed by atoms with Crippen LogP contribution in [0.3, 0.4) is 0 Å². The summed E-state index contributed by atoms with van der Waals surface area (Å²) in [4.78, 5) is 2.15. The largest absolute Gasteiger partial charge is 0.454 e. The van der Waals surface area contributed by atoms with Crippen LogP contribution in [0.2, 0.25) is 0 Å². The molecule has 3 aliphatic heterocycles. The molecule has 0 unspecified atom stereocenters. The fourth-order valence-corrected chi connectivity index (χ4v) is 5.72. The van der Waals surface area contributed by atoms with E-state index in [2.05, 4.69) is 11.8 Å². The Morgan fingerprint density at radius 2 is 1.79 bits per heavy atom. The fourth-order valence-electron chi connectivity index (χ4n) is 5.72. The molecular formula is C22H23NO6. The molecule has 0 fully saturated rings. The van der Waals surface area contributed by atoms with Crippen LogP contribution < -0.4 is 18.9 Å². The molecule has 3 heterocycles. The van der Waals surface area contributed by atoms with Gasteiger partial charge in [-0.1, -0.05) is 13.0 Å². The lowest BCUT2D eigenvalue weighted by Gasteiger charge is -2.56. The maximum absolute atomic E-state index is 11.4. The highest BCUT2D eigenvalue weighted by Crippen LogP contribution is 2.59. The Kier molecular flexibility index (Phi) is 3.47. The lowest BCUT2D eigenvalue weighted by molar-refractivity contribution is -0.0268. The maximum atomic E-state index is 11.4. The molecule has 4 aliphatic rings. The summed E-state index contributed by atoms with van der Waals surface area (Å²) in [6, 6.07) is 7.54. The van der Waals surface area contributed by atoms with E-state index in [0.717, 1.165) is 33.8 Å². The molecule has 4 atom stereocenters. The van der Waals surface area contributed by atoms with Crippen LogP contribution in [0.5, 0.6) is 23.0 Å². The summed E-state index contributed by atoms with van der Waals surface area (Å²) < 4.78 is 22.6. The zero-order chi connectivity index (χ0) is 19.9. The van der Waals surface area contributed by atoms with Gasteiger partial charge in [0, 0.05) is 17.0 Å². The number of ether oxygens (including phenoxy) is 4. The van der Waals surface area contributed by atoms with E-state index in [1.807, 2.05) is 31.3 Å². The Hall–Kier alpha value is -2.48. The third kappa shape index (κ3) is 2.07. The average Bonchev–Trinajstić information content (AvgIpc) is 3.36. The van der Waals surface area contributed by atoms with Gasteiger partial charge in [-0.3, -0.25) is 4.90 Å². The van der Waals surface area contributed by atoms with Crippen molar-refractivity contribution in [2.45, 2.75) is 36.9 Å². The van der Waals surface area contributed by atoms with Crippen molar-refractivity contribution < 1.29 is 29.2 Å². The van der Waals surface area contributed by atoms with Gasteiger partial charge in [0.1, 0.15) is 0 Å². The molecule has 29 heavy (non-hydrogen) atoms. The molecule has 7 heteroatoms. The van der Waals surface area contributed by atoms with Crippen molar-refractivity contribution in [3.63, 3.8) is 0 Å². The van der Waals surface area contributed by atoms with Crippen LogP contribution in [0.25, 0.3) is 0 Å². The number of aliphatic hydroxyl groups is 2. The molecule has 6 rings (SSSR count). The van der Waals surface area contributed by atoms with Gasteiger partial charge in [-0.05, 0) is 48.4 Å². The molecule has 0 spiro atoms. The molecular weight excluding hydrogens is 374 g/mol. The second kappa shape index (κ2) is 5.78. The Balaban J connectivity index is 1.61. The van der Waals surface area contributed by atoms with E-state index in [1.54, 1.807) is 0 Å². The van der Waals surface area contributed by atoms with Crippen molar-refractivity contribution in [2.75, 3.05) is 27.2 Å². The van der Waals surface area contributed by atoms with Gasteiger partial charge in [-0.15, -0.1) is 0 Å². The van der Waals surface area contributed by atoms with E-state index in [4.69, 9.17) is 18.9 Å². The van der Waals surface area contributed by atoms with Crippen LogP contribution in [0.15, 0.2) is 24.3 Å². The number of hydrogen-bond donors (Lipinski definition) is 2. The smallest absolute Gasteiger partial charge is 0.231 e. The Morgan fingerprint density at radius 3 is 2.59 bits per heavy atom. The highest BCUT2D eigenvalue weighted by molar-refractivity contribution is 5.61. The van der Waals surface area contributed by atoms with Gasteiger partial charge >= 0.3 is 0 Å². The SMILES string of the molecule is CN1[C@@H](CO)c2c(ccc3c2OCO3)[C@@]2(C)[C@@H](O)Cc3cc4c(cc3[C@@H]12)OCO4. The van der Waals surface area contributed by atoms with Crippen LogP contribution in [-0.2, 0) is 11.8 Å². The molecule has 0 radical (unpaired) electrons. The molecule has 0 aromatic heterocycles. The van der Waals surface area contributed by atoms with Gasteiger partial charge in [0.15, 0.2) is 23.0 Å². The Labute approximate surface area is 168 Å². The first-order valence-electron chi connectivity index (χ1n) is 9.90. The summed E-state index contributed by atoms with van der Waals surface area (Å²) in [6.07, 6.45) is -0.0913. The van der Waals surface area contributed by atoms with E-state index in [1.165, 1.54) is 0 Å². The van der Waals surface area contributed by atoms with Gasteiger partial charge in [-0.25, -0.2) is 0 Å². The third-order valence-electron chi connectivity index (χ3n) is 7.17. The Morgan fingerprint density at radius 1 is 1.07 bits per heavy atom. The second-order valence-electron chi connectivity index (χ2n) is 8.43. The topological polar surface area (TPSA) is 80.6 Å². The van der Waals surface area contributed by atoms with Gasteiger partial charge in [-0.2, -0.15) is 0 Å². The van der Waals surface area contributed by atoms with Crippen LogP contribution in [0, 0.1) is 0 Å². The second-order valence-corrected chi connectivity index (χ2v) is 8.43. The van der Waals surface area contributed by atoms with Gasteiger partial charge < -0.3 is 29.2 Å². The fraction of sp³-hybridized carbons (Fsp3) is 0.455. The molecule has 2 aromatic rings. The van der Waals surface area contributed by atoms with Crippen LogP contribution in [0.1, 0.15) is 41.3 Å². The number of benzene rings is 2. The average molecular weight is 397 g/mol. The highest BCUT2D eigenvalue weighted by atomic mass is 16.7. The predicted octanol–water partition coefficient (Wildman–Crippen LogP) is 2.04. The minimum Gasteiger partial charge on any atom is -0.454 e. The first-order chi connectivity index (χ1) is 14.0. The summed E-state index contributed by atoms with van der Waals surface area (Å²) in [5.41, 5.74) is 3.48. The molecule has 2 N–H and O–H groups in total. The van der Waals surface area contributed by atoms with Gasteiger partial charge in [0.05, 0.1) is 18.8 Å². The summed E-state index contributed by atoms with van der Waals surface area (Å²) in [5, 5.41) is 21.7. The first kappa shape index (κ1) is 17.4. The van der Waals surface area contributed by atoms with Crippen molar-refractivity contribution in [3.05, 3.63) is 46.5 Å². The number of hydrogen-bond acceptors (Lipinski definition) is 7. The standard InChI is InChI=1S/C22H23NO6/c1-22-13-3-4-15-20(29-10-26-15)19(13)14(8-24)23(2)21(22)12-7-17-16(27-9-28-17)5-11(12)6-18(22)25/h3-5,7,14,18,21,24-25H,6,8-10H2,1-2H3/t14-,18-,21+,22-/m0/s1. The molecule has 0 saturated heterocycles. The van der Waals surface area contributed by atoms with E-state index >= 15 is 0 Å². The summed E-state index contributed by atoms with van der Waals surface area (Å²) >= 11 is 0. The number of aliphatic hydroxyl groups excluding tert-OH is 2. The van der Waals surface area contributed by atoms with E-state index in [9.17, 15) is 10.2 Å². The maximum Gasteiger partial charge on any atom is 0.231 e. The molecule has 7 nitrogen and oxygen atoms in total. The zero-order valence-electron chi connectivity index (χ0n) is 16.3. The lowest BCUT2D eigenvalue weighted by atomic mass is 9.59. The molecule has 0 bridgehead atoms. The first-order valence-corrected chi connectivity index (χ1v) is 9.90. The molecule has 1 aliphatic carbocycles. The van der Waals surface area contributed by atoms with Crippen molar-refractivity contribution in [2.24, 2.45) is 0 Å². The predicted molar refractivity (Wildman–Crippen MR) is 103 cm³/mol. The monoisotopic (exact) mass is 397 g/mol. The van der Waals surface area contributed by atoms with Crippen LogP contribution >= 0.6 is 0 Å². The van der Waals surface area contributed by atoms with E-state index < -0.39 is 11.5 Å². The van der Waals surface area contributed by atoms with E-state index in [0.29, 0.717) is 17.9 Å². The van der Waals surface area contributed by atoms with Gasteiger partial charge in [0.2, 0.25) is 13.6 Å². The number of fused-ring (bicyclic) bond motifs is 8. The number of nitrogens with zero attached hydrogens (tertiary/aromatic N) is 1. The molecule has 0 saturated carbocycles. The number of rotatable bonds is 1. The lowest BCUT2D eigenvalue weighted by Crippen LogP contribution is -2.56. The van der Waals surface area contributed by atoms with E-state index in [-0.39, 0.29) is 32.3 Å². The van der Waals surface area contributed by atoms with Crippen LogP contribution in [0.4, 0.5) is 0 Å². The molecule has 2 aromatic carbocycles. The summed E-state index contributed by atoms with van der Waals surface area (Å²) in [5.74, 6) is 2.82. The minimum absolute atomic E-state index is 0.0636. The van der Waals surface area contributed by atoms with Gasteiger partial charge in [0.25, 0.3) is 0 Å². The van der Waals surface area contributed by atoms with Crippen molar-refractivity contribution in [3.8, 4) is 23.0 Å². The number of likely N-dealkylation sites (N-methyl/N-ethyl adjacent to an activating group) is 1. The highest BCUT2D eigenvalue weighted by Gasteiger charge is 2.56. The minimum atomic E-state index is -0.610. The van der Waals surface area contributed by atoms with Crippen molar-refractivity contribution in [1.29, 1.82) is 0 Å². The Bertz CT molecular complexity index is 1020. The third-order valence-corrected chi connectivity index (χ3v) is 7.17. The normalized spacial score (nSPS) is 31.2. The van der Waals surface area contributed by atoms with Crippen molar-refractivity contribution >= 4 is 0 Å². The zero-order valence-corrected chi connectivity index (χ0v) is 16.3. The quantitative estimate of drug-likeness (QED) is 0.762. The van der Waals surface area contributed by atoms with Crippen LogP contribution in [-0.4, -0.2) is 48.5 Å². The molecule has 0 amide bonds. The molecule has 152 valence electrons. The summed E-state index contributed by atoms with van der Waals surface area (Å²) in [7, 11) is 1.99. The van der Waals surface area contributed by atoms with Crippen molar-refractivity contribution in [1.82, 2.24) is 4.90 Å². The summed E-state index contributed by atoms with van der Waals surface area (Å²) in [6.45, 7) is 2.42.